The van der Waals surface area contributed by atoms with Gasteiger partial charge in [-0.15, -0.1) is 0 Å². The molecule has 1 aliphatic rings. The fraction of sp³-hybridized carbons (Fsp3) is 0.417. The van der Waals surface area contributed by atoms with Crippen LogP contribution in [-0.4, -0.2) is 25.7 Å². The van der Waals surface area contributed by atoms with Gasteiger partial charge in [0.15, 0.2) is 0 Å². The number of rotatable bonds is 2. The van der Waals surface area contributed by atoms with E-state index in [-0.39, 0.29) is 11.9 Å². The van der Waals surface area contributed by atoms with Gasteiger partial charge in [-0.2, -0.15) is 0 Å². The van der Waals surface area contributed by atoms with Crippen LogP contribution in [0.15, 0.2) is 24.3 Å². The van der Waals surface area contributed by atoms with Crippen LogP contribution in [0.1, 0.15) is 5.56 Å². The van der Waals surface area contributed by atoms with E-state index in [4.69, 9.17) is 10.5 Å². The summed E-state index contributed by atoms with van der Waals surface area (Å²) in [6.45, 7) is 0.466. The molecule has 2 N–H and O–H groups in total. The number of methoxy groups -OCH3 is 1. The molecule has 0 aromatic heterocycles. The van der Waals surface area contributed by atoms with Crippen LogP contribution in [0, 0.1) is 5.92 Å². The topological polar surface area (TPSA) is 61.5 Å². The van der Waals surface area contributed by atoms with E-state index in [0.29, 0.717) is 6.61 Å². The van der Waals surface area contributed by atoms with Crippen LogP contribution in [0.5, 0.6) is 5.75 Å². The van der Waals surface area contributed by atoms with Crippen molar-refractivity contribution < 1.29 is 14.3 Å². The highest BCUT2D eigenvalue weighted by Crippen LogP contribution is 2.27. The van der Waals surface area contributed by atoms with Gasteiger partial charge in [-0.1, -0.05) is 18.2 Å². The number of benzene rings is 1. The number of carbonyl (C=O) groups is 1. The SMILES string of the molecule is COC(=O)C(N)C1COc2ccccc2C1. The Morgan fingerprint density at radius 1 is 1.56 bits per heavy atom. The maximum atomic E-state index is 11.3. The van der Waals surface area contributed by atoms with Gasteiger partial charge in [0.2, 0.25) is 0 Å². The van der Waals surface area contributed by atoms with E-state index < -0.39 is 6.04 Å². The summed E-state index contributed by atoms with van der Waals surface area (Å²) in [5, 5.41) is 0. The van der Waals surface area contributed by atoms with Crippen molar-refractivity contribution in [2.45, 2.75) is 12.5 Å². The Bertz CT molecular complexity index is 392. The standard InChI is InChI=1S/C12H15NO3/c1-15-12(14)11(13)9-6-8-4-2-3-5-10(8)16-7-9/h2-5,9,11H,6-7,13H2,1H3. The first-order valence-corrected chi connectivity index (χ1v) is 5.26. The Kier molecular flexibility index (Phi) is 3.10. The van der Waals surface area contributed by atoms with Crippen LogP contribution < -0.4 is 10.5 Å². The first kappa shape index (κ1) is 11.0. The molecule has 1 heterocycles. The summed E-state index contributed by atoms with van der Waals surface area (Å²) < 4.78 is 10.2. The summed E-state index contributed by atoms with van der Waals surface area (Å²) in [5.74, 6) is 0.492. The van der Waals surface area contributed by atoms with Gasteiger partial charge in [-0.05, 0) is 18.1 Å². The highest BCUT2D eigenvalue weighted by atomic mass is 16.5. The summed E-state index contributed by atoms with van der Waals surface area (Å²) in [5.41, 5.74) is 6.90. The maximum absolute atomic E-state index is 11.3. The number of hydrogen-bond acceptors (Lipinski definition) is 4. The Labute approximate surface area is 94.3 Å². The molecule has 2 atom stereocenters. The number of carbonyl (C=O) groups excluding carboxylic acids is 1. The third kappa shape index (κ3) is 2.02. The molecule has 4 heteroatoms. The quantitative estimate of drug-likeness (QED) is 0.748. The second kappa shape index (κ2) is 4.53. The molecule has 1 aromatic carbocycles. The van der Waals surface area contributed by atoms with E-state index in [0.717, 1.165) is 17.7 Å². The molecule has 16 heavy (non-hydrogen) atoms. The minimum atomic E-state index is -0.613. The monoisotopic (exact) mass is 221 g/mol. The molecule has 0 amide bonds. The van der Waals surface area contributed by atoms with Crippen molar-refractivity contribution in [3.8, 4) is 5.75 Å². The number of esters is 1. The molecule has 1 aromatic rings. The zero-order chi connectivity index (χ0) is 11.5. The van der Waals surface area contributed by atoms with E-state index >= 15 is 0 Å². The number of fused-ring (bicyclic) bond motifs is 1. The van der Waals surface area contributed by atoms with Crippen molar-refractivity contribution in [3.05, 3.63) is 29.8 Å². The minimum absolute atomic E-state index is 0.0117. The lowest BCUT2D eigenvalue weighted by Crippen LogP contribution is -2.44. The molecule has 2 unspecified atom stereocenters. The van der Waals surface area contributed by atoms with Crippen LogP contribution >= 0.6 is 0 Å². The lowest BCUT2D eigenvalue weighted by atomic mass is 9.91. The van der Waals surface area contributed by atoms with Gasteiger partial charge in [0.1, 0.15) is 11.8 Å². The molecular formula is C12H15NO3. The molecule has 1 aliphatic heterocycles. The van der Waals surface area contributed by atoms with Crippen LogP contribution in [0.4, 0.5) is 0 Å². The van der Waals surface area contributed by atoms with Crippen molar-refractivity contribution in [3.63, 3.8) is 0 Å². The summed E-state index contributed by atoms with van der Waals surface area (Å²) in [7, 11) is 1.35. The molecule has 4 nitrogen and oxygen atoms in total. The number of ether oxygens (including phenoxy) is 2. The summed E-state index contributed by atoms with van der Waals surface area (Å²) in [6.07, 6.45) is 0.756. The number of hydrogen-bond donors (Lipinski definition) is 1. The molecule has 0 aliphatic carbocycles. The number of para-hydroxylation sites is 1. The normalized spacial score (nSPS) is 20.5. The summed E-state index contributed by atoms with van der Waals surface area (Å²) >= 11 is 0. The number of nitrogens with two attached hydrogens (primary N) is 1. The molecule has 0 fully saturated rings. The van der Waals surface area contributed by atoms with E-state index in [9.17, 15) is 4.79 Å². The van der Waals surface area contributed by atoms with E-state index in [1.54, 1.807) is 0 Å². The van der Waals surface area contributed by atoms with Crippen molar-refractivity contribution >= 4 is 5.97 Å². The van der Waals surface area contributed by atoms with Crippen LogP contribution in [0.25, 0.3) is 0 Å². The van der Waals surface area contributed by atoms with Gasteiger partial charge >= 0.3 is 5.97 Å². The Balaban J connectivity index is 2.10. The van der Waals surface area contributed by atoms with Gasteiger partial charge in [0.05, 0.1) is 13.7 Å². The van der Waals surface area contributed by atoms with Gasteiger partial charge in [0.25, 0.3) is 0 Å². The molecule has 0 radical (unpaired) electrons. The van der Waals surface area contributed by atoms with Crippen molar-refractivity contribution in [1.29, 1.82) is 0 Å². The molecule has 0 saturated carbocycles. The Morgan fingerprint density at radius 3 is 3.06 bits per heavy atom. The van der Waals surface area contributed by atoms with E-state index in [1.807, 2.05) is 24.3 Å². The van der Waals surface area contributed by atoms with Crippen LogP contribution in [0.2, 0.25) is 0 Å². The largest absolute Gasteiger partial charge is 0.493 e. The lowest BCUT2D eigenvalue weighted by molar-refractivity contribution is -0.144. The second-order valence-electron chi connectivity index (χ2n) is 3.93. The smallest absolute Gasteiger partial charge is 0.323 e. The van der Waals surface area contributed by atoms with E-state index in [2.05, 4.69) is 4.74 Å². The Hall–Kier alpha value is -1.55. The third-order valence-electron chi connectivity index (χ3n) is 2.89. The second-order valence-corrected chi connectivity index (χ2v) is 3.93. The summed E-state index contributed by atoms with van der Waals surface area (Å²) in [4.78, 5) is 11.3. The zero-order valence-corrected chi connectivity index (χ0v) is 9.18. The molecule has 0 bridgehead atoms. The lowest BCUT2D eigenvalue weighted by Gasteiger charge is -2.28. The van der Waals surface area contributed by atoms with Crippen LogP contribution in [-0.2, 0) is 16.0 Å². The van der Waals surface area contributed by atoms with Crippen molar-refractivity contribution in [2.24, 2.45) is 11.7 Å². The van der Waals surface area contributed by atoms with E-state index in [1.165, 1.54) is 7.11 Å². The average Bonchev–Trinajstić information content (AvgIpc) is 2.36. The average molecular weight is 221 g/mol. The van der Waals surface area contributed by atoms with Gasteiger partial charge in [-0.25, -0.2) is 0 Å². The minimum Gasteiger partial charge on any atom is -0.493 e. The van der Waals surface area contributed by atoms with Gasteiger partial charge in [-0.3, -0.25) is 4.79 Å². The highest BCUT2D eigenvalue weighted by molar-refractivity contribution is 5.75. The molecular weight excluding hydrogens is 206 g/mol. The maximum Gasteiger partial charge on any atom is 0.323 e. The molecule has 2 rings (SSSR count). The predicted molar refractivity (Wildman–Crippen MR) is 59.1 cm³/mol. The van der Waals surface area contributed by atoms with Gasteiger partial charge in [0, 0.05) is 5.92 Å². The predicted octanol–water partition coefficient (Wildman–Crippen LogP) is 0.738. The third-order valence-corrected chi connectivity index (χ3v) is 2.89. The first-order valence-electron chi connectivity index (χ1n) is 5.26. The summed E-state index contributed by atoms with van der Waals surface area (Å²) in [6, 6.07) is 7.19. The molecule has 0 saturated heterocycles. The molecule has 86 valence electrons. The zero-order valence-electron chi connectivity index (χ0n) is 9.18. The first-order chi connectivity index (χ1) is 7.72. The molecule has 0 spiro atoms. The Morgan fingerprint density at radius 2 is 2.31 bits per heavy atom. The fourth-order valence-corrected chi connectivity index (χ4v) is 1.91. The fourth-order valence-electron chi connectivity index (χ4n) is 1.91. The highest BCUT2D eigenvalue weighted by Gasteiger charge is 2.29. The van der Waals surface area contributed by atoms with Crippen molar-refractivity contribution in [1.82, 2.24) is 0 Å². The van der Waals surface area contributed by atoms with Crippen LogP contribution in [0.3, 0.4) is 0 Å². The van der Waals surface area contributed by atoms with Gasteiger partial charge < -0.3 is 15.2 Å². The van der Waals surface area contributed by atoms with Crippen molar-refractivity contribution in [2.75, 3.05) is 13.7 Å².